The molecule has 0 fully saturated rings. The van der Waals surface area contributed by atoms with E-state index >= 15 is 0 Å². The van der Waals surface area contributed by atoms with Gasteiger partial charge in [-0.25, -0.2) is 9.13 Å². The van der Waals surface area contributed by atoms with Crippen LogP contribution in [0, 0.1) is 0 Å². The number of imidazole rings is 1. The van der Waals surface area contributed by atoms with Gasteiger partial charge in [0.05, 0.1) is 13.1 Å². The molecular formula is C22H43N2+. The van der Waals surface area contributed by atoms with Crippen LogP contribution in [-0.4, -0.2) is 4.57 Å². The molecule has 140 valence electrons. The Kier molecular flexibility index (Phi) is 12.9. The summed E-state index contributed by atoms with van der Waals surface area (Å²) in [4.78, 5) is 0. The molecule has 0 atom stereocenters. The number of unbranched alkanes of at least 4 members (excludes halogenated alkanes) is 11. The summed E-state index contributed by atoms with van der Waals surface area (Å²) in [5.41, 5.74) is 0. The zero-order valence-corrected chi connectivity index (χ0v) is 16.9. The lowest BCUT2D eigenvalue weighted by atomic mass is 10.1. The van der Waals surface area contributed by atoms with Crippen molar-refractivity contribution in [1.29, 1.82) is 0 Å². The van der Waals surface area contributed by atoms with Crippen LogP contribution in [0.15, 0.2) is 12.4 Å². The lowest BCUT2D eigenvalue weighted by Gasteiger charge is -2.04. The maximum atomic E-state index is 2.50. The Morgan fingerprint density at radius 3 is 1.83 bits per heavy atom. The molecule has 0 aliphatic rings. The molecule has 0 radical (unpaired) electrons. The van der Waals surface area contributed by atoms with Gasteiger partial charge in [-0.2, -0.15) is 0 Å². The molecule has 1 heterocycles. The van der Waals surface area contributed by atoms with Crippen LogP contribution in [0.25, 0.3) is 0 Å². The highest BCUT2D eigenvalue weighted by Gasteiger charge is 2.14. The smallest absolute Gasteiger partial charge is 0.234 e. The number of aromatic nitrogens is 2. The van der Waals surface area contributed by atoms with Crippen LogP contribution in [0.2, 0.25) is 0 Å². The van der Waals surface area contributed by atoms with E-state index < -0.39 is 0 Å². The number of aryl methyl sites for hydroxylation is 2. The van der Waals surface area contributed by atoms with Crippen molar-refractivity contribution >= 4 is 0 Å². The molecule has 1 aromatic rings. The third-order valence-corrected chi connectivity index (χ3v) is 5.16. The summed E-state index contributed by atoms with van der Waals surface area (Å²) >= 11 is 0. The summed E-state index contributed by atoms with van der Waals surface area (Å²) in [6.07, 6.45) is 23.9. The van der Waals surface area contributed by atoms with Gasteiger partial charge >= 0.3 is 0 Å². The Morgan fingerprint density at radius 1 is 0.708 bits per heavy atom. The summed E-state index contributed by atoms with van der Waals surface area (Å²) in [5, 5.41) is 0. The second-order valence-corrected chi connectivity index (χ2v) is 7.34. The molecule has 0 saturated heterocycles. The minimum atomic E-state index is 1.15. The maximum Gasteiger partial charge on any atom is 0.256 e. The average molecular weight is 336 g/mol. The predicted molar refractivity (Wildman–Crippen MR) is 105 cm³/mol. The van der Waals surface area contributed by atoms with E-state index in [-0.39, 0.29) is 0 Å². The molecule has 0 N–H and O–H groups in total. The van der Waals surface area contributed by atoms with Gasteiger partial charge in [-0.05, 0) is 25.7 Å². The van der Waals surface area contributed by atoms with Gasteiger partial charge < -0.3 is 0 Å². The molecule has 1 rings (SSSR count). The SMILES string of the molecule is CCCCCCCCCCCC[n+]1ccn(CCCCC)c1CC. The zero-order valence-electron chi connectivity index (χ0n) is 16.9. The van der Waals surface area contributed by atoms with E-state index in [0.29, 0.717) is 0 Å². The third-order valence-electron chi connectivity index (χ3n) is 5.16. The van der Waals surface area contributed by atoms with E-state index in [1.165, 1.54) is 102 Å². The molecule has 0 bridgehead atoms. The first-order valence-corrected chi connectivity index (χ1v) is 10.9. The standard InChI is InChI=1S/C22H43N2/c1-4-7-9-10-11-12-13-14-15-17-19-24-21-20-23(22(24)6-3)18-16-8-5-2/h20-21H,4-19H2,1-3H3/q+1. The molecule has 2 heteroatoms. The number of hydrogen-bond donors (Lipinski definition) is 0. The van der Waals surface area contributed by atoms with Crippen molar-refractivity contribution in [3.63, 3.8) is 0 Å². The van der Waals surface area contributed by atoms with Gasteiger partial charge in [0.1, 0.15) is 12.4 Å². The van der Waals surface area contributed by atoms with Crippen molar-refractivity contribution in [3.8, 4) is 0 Å². The largest absolute Gasteiger partial charge is 0.256 e. The van der Waals surface area contributed by atoms with Crippen molar-refractivity contribution in [2.24, 2.45) is 0 Å². The van der Waals surface area contributed by atoms with Crippen molar-refractivity contribution in [2.75, 3.05) is 0 Å². The first-order chi connectivity index (χ1) is 11.8. The average Bonchev–Trinajstić information content (AvgIpc) is 2.98. The van der Waals surface area contributed by atoms with Gasteiger partial charge in [0, 0.05) is 6.42 Å². The Morgan fingerprint density at radius 2 is 1.25 bits per heavy atom. The van der Waals surface area contributed by atoms with Crippen LogP contribution in [0.4, 0.5) is 0 Å². The first-order valence-electron chi connectivity index (χ1n) is 10.9. The predicted octanol–water partition coefficient (Wildman–Crippen LogP) is 6.45. The molecule has 0 amide bonds. The molecule has 0 aromatic carbocycles. The Balaban J connectivity index is 2.12. The summed E-state index contributed by atoms with van der Waals surface area (Å²) in [6.45, 7) is 9.27. The van der Waals surface area contributed by atoms with Gasteiger partial charge in [-0.3, -0.25) is 0 Å². The Labute approximate surface area is 151 Å². The highest BCUT2D eigenvalue weighted by Crippen LogP contribution is 2.10. The zero-order chi connectivity index (χ0) is 17.5. The van der Waals surface area contributed by atoms with E-state index in [1.54, 1.807) is 0 Å². The quantitative estimate of drug-likeness (QED) is 0.242. The van der Waals surface area contributed by atoms with E-state index in [1.807, 2.05) is 0 Å². The molecule has 24 heavy (non-hydrogen) atoms. The normalized spacial score (nSPS) is 11.3. The summed E-state index contributed by atoms with van der Waals surface area (Å²) < 4.78 is 4.97. The fourth-order valence-corrected chi connectivity index (χ4v) is 3.61. The van der Waals surface area contributed by atoms with Crippen molar-refractivity contribution in [3.05, 3.63) is 18.2 Å². The van der Waals surface area contributed by atoms with Crippen molar-refractivity contribution < 1.29 is 4.57 Å². The minimum Gasteiger partial charge on any atom is -0.234 e. The lowest BCUT2D eigenvalue weighted by Crippen LogP contribution is -2.37. The fraction of sp³-hybridized carbons (Fsp3) is 0.864. The fourth-order valence-electron chi connectivity index (χ4n) is 3.61. The minimum absolute atomic E-state index is 1.15. The molecule has 0 unspecified atom stereocenters. The molecule has 0 saturated carbocycles. The van der Waals surface area contributed by atoms with Gasteiger partial charge in [-0.1, -0.05) is 78.6 Å². The van der Waals surface area contributed by atoms with Crippen LogP contribution in [0.3, 0.4) is 0 Å². The van der Waals surface area contributed by atoms with Crippen molar-refractivity contribution in [1.82, 2.24) is 4.57 Å². The second kappa shape index (κ2) is 14.5. The van der Waals surface area contributed by atoms with E-state index in [4.69, 9.17) is 0 Å². The lowest BCUT2D eigenvalue weighted by molar-refractivity contribution is -0.704. The van der Waals surface area contributed by atoms with Crippen LogP contribution < -0.4 is 4.57 Å². The third kappa shape index (κ3) is 8.89. The number of rotatable bonds is 16. The molecule has 0 spiro atoms. The first kappa shape index (κ1) is 21.3. The topological polar surface area (TPSA) is 8.81 Å². The number of nitrogens with zero attached hydrogens (tertiary/aromatic N) is 2. The Bertz CT molecular complexity index is 395. The van der Waals surface area contributed by atoms with Gasteiger partial charge in [0.15, 0.2) is 0 Å². The highest BCUT2D eigenvalue weighted by atomic mass is 15.1. The number of hydrogen-bond acceptors (Lipinski definition) is 0. The van der Waals surface area contributed by atoms with Crippen molar-refractivity contribution in [2.45, 2.75) is 124 Å². The molecule has 0 aliphatic heterocycles. The molecular weight excluding hydrogens is 292 g/mol. The summed E-state index contributed by atoms with van der Waals surface area (Å²) in [5.74, 6) is 1.52. The molecule has 0 aliphatic carbocycles. The summed E-state index contributed by atoms with van der Waals surface area (Å²) in [6, 6.07) is 0. The monoisotopic (exact) mass is 335 g/mol. The molecule has 2 nitrogen and oxygen atoms in total. The van der Waals surface area contributed by atoms with Gasteiger partial charge in [0.25, 0.3) is 5.82 Å². The van der Waals surface area contributed by atoms with E-state index in [0.717, 1.165) is 6.42 Å². The van der Waals surface area contributed by atoms with Gasteiger partial charge in [-0.15, -0.1) is 0 Å². The second-order valence-electron chi connectivity index (χ2n) is 7.34. The molecule has 1 aromatic heterocycles. The highest BCUT2D eigenvalue weighted by molar-refractivity contribution is 4.82. The van der Waals surface area contributed by atoms with Crippen LogP contribution in [0.5, 0.6) is 0 Å². The Hall–Kier alpha value is -0.790. The summed E-state index contributed by atoms with van der Waals surface area (Å²) in [7, 11) is 0. The maximum absolute atomic E-state index is 2.50. The van der Waals surface area contributed by atoms with Gasteiger partial charge in [0.2, 0.25) is 0 Å². The van der Waals surface area contributed by atoms with E-state index in [9.17, 15) is 0 Å². The van der Waals surface area contributed by atoms with Crippen LogP contribution >= 0.6 is 0 Å². The van der Waals surface area contributed by atoms with E-state index in [2.05, 4.69) is 42.3 Å². The van der Waals surface area contributed by atoms with Crippen LogP contribution in [0.1, 0.15) is 110 Å². The van der Waals surface area contributed by atoms with Crippen LogP contribution in [-0.2, 0) is 19.5 Å².